The van der Waals surface area contributed by atoms with Gasteiger partial charge in [0, 0.05) is 5.56 Å². The van der Waals surface area contributed by atoms with Crippen molar-refractivity contribution < 1.29 is 22.8 Å². The lowest BCUT2D eigenvalue weighted by Gasteiger charge is -2.06. The number of anilines is 1. The van der Waals surface area contributed by atoms with Crippen molar-refractivity contribution in [3.8, 4) is 11.3 Å². The Morgan fingerprint density at radius 1 is 1.15 bits per heavy atom. The quantitative estimate of drug-likeness (QED) is 0.178. The maximum Gasteiger partial charge on any atom is 0.416 e. The van der Waals surface area contributed by atoms with Gasteiger partial charge in [0.1, 0.15) is 5.82 Å². The lowest BCUT2D eigenvalue weighted by Crippen LogP contribution is -2.20. The minimum atomic E-state index is -4.41. The van der Waals surface area contributed by atoms with E-state index in [0.717, 1.165) is 12.1 Å². The minimum absolute atomic E-state index is 0.0180. The first kappa shape index (κ1) is 18.7. The van der Waals surface area contributed by atoms with Crippen LogP contribution in [-0.2, 0) is 6.18 Å². The van der Waals surface area contributed by atoms with Gasteiger partial charge in [0.25, 0.3) is 0 Å². The van der Waals surface area contributed by atoms with E-state index >= 15 is 0 Å². The van der Waals surface area contributed by atoms with Crippen LogP contribution < -0.4 is 22.5 Å². The van der Waals surface area contributed by atoms with Crippen molar-refractivity contribution in [3.63, 3.8) is 0 Å². The van der Waals surface area contributed by atoms with Gasteiger partial charge < -0.3 is 26.8 Å². The van der Waals surface area contributed by atoms with Crippen molar-refractivity contribution in [3.05, 3.63) is 59.7 Å². The predicted octanol–water partition coefficient (Wildman–Crippen LogP) is 2.16. The Bertz CT molecular complexity index is 853. The number of aromatic nitrogens is 1. The van der Waals surface area contributed by atoms with Crippen LogP contribution in [0.1, 0.15) is 5.56 Å². The Balaban J connectivity index is 2.10. The minimum Gasteiger partial charge on any atom is -0.423 e. The summed E-state index contributed by atoms with van der Waals surface area (Å²) in [7, 11) is 0. The molecule has 0 fully saturated rings. The molecule has 11 heteroatoms. The van der Waals surface area contributed by atoms with Gasteiger partial charge >= 0.3 is 12.2 Å². The summed E-state index contributed by atoms with van der Waals surface area (Å²) < 4.78 is 43.1. The van der Waals surface area contributed by atoms with Gasteiger partial charge in [0.2, 0.25) is 0 Å². The number of rotatable bonds is 5. The number of nitrogens with zero attached hydrogens (tertiary/aromatic N) is 2. The van der Waals surface area contributed by atoms with E-state index in [1.54, 1.807) is 0 Å². The molecule has 0 unspecified atom stereocenters. The zero-order valence-electron chi connectivity index (χ0n) is 13.2. The van der Waals surface area contributed by atoms with Crippen LogP contribution in [0, 0.1) is 0 Å². The number of halogens is 3. The molecule has 26 heavy (non-hydrogen) atoms. The molecule has 0 amide bonds. The number of hydrogen-bond acceptors (Lipinski definition) is 7. The first-order valence-corrected chi connectivity index (χ1v) is 7.02. The molecule has 2 rings (SSSR count). The highest BCUT2D eigenvalue weighted by molar-refractivity contribution is 5.95. The van der Waals surface area contributed by atoms with E-state index in [9.17, 15) is 13.2 Å². The third-order valence-corrected chi connectivity index (χ3v) is 3.10. The second kappa shape index (κ2) is 7.51. The first-order chi connectivity index (χ1) is 12.2. The summed E-state index contributed by atoms with van der Waals surface area (Å²) in [6.07, 6.45) is -0.462. The predicted molar refractivity (Wildman–Crippen MR) is 88.5 cm³/mol. The zero-order valence-corrected chi connectivity index (χ0v) is 13.2. The van der Waals surface area contributed by atoms with Crippen LogP contribution in [0.3, 0.4) is 0 Å². The normalized spacial score (nSPS) is 13.7. The van der Waals surface area contributed by atoms with Crippen molar-refractivity contribution in [2.45, 2.75) is 6.18 Å². The number of nitrogens with one attached hydrogen (secondary N) is 1. The Morgan fingerprint density at radius 3 is 2.38 bits per heavy atom. The maximum atomic E-state index is 12.6. The second-order valence-electron chi connectivity index (χ2n) is 4.96. The molecule has 0 aliphatic carbocycles. The van der Waals surface area contributed by atoms with E-state index in [4.69, 9.17) is 26.8 Å². The average Bonchev–Trinajstić information content (AvgIpc) is 3.06. The molecule has 0 radical (unpaired) electrons. The third kappa shape index (κ3) is 4.69. The topological polar surface area (TPSA) is 149 Å². The second-order valence-corrected chi connectivity index (χ2v) is 4.96. The van der Waals surface area contributed by atoms with Crippen molar-refractivity contribution in [2.24, 2.45) is 22.4 Å². The zero-order chi connectivity index (χ0) is 19.3. The summed E-state index contributed by atoms with van der Waals surface area (Å²) in [6.45, 7) is 0. The molecule has 8 nitrogen and oxygen atoms in total. The number of amidine groups is 1. The van der Waals surface area contributed by atoms with Crippen LogP contribution >= 0.6 is 0 Å². The number of oxime groups is 1. The van der Waals surface area contributed by atoms with Gasteiger partial charge in [-0.1, -0.05) is 17.3 Å². The smallest absolute Gasteiger partial charge is 0.416 e. The van der Waals surface area contributed by atoms with Gasteiger partial charge in [-0.2, -0.15) is 13.2 Å². The van der Waals surface area contributed by atoms with Crippen LogP contribution in [0.15, 0.2) is 63.7 Å². The fourth-order valence-electron chi connectivity index (χ4n) is 1.78. The fourth-order valence-corrected chi connectivity index (χ4v) is 1.78. The van der Waals surface area contributed by atoms with Gasteiger partial charge in [-0.3, -0.25) is 5.32 Å². The summed E-state index contributed by atoms with van der Waals surface area (Å²) in [5.41, 5.74) is 16.1. The molecule has 0 bridgehead atoms. The number of nitrogens with two attached hydrogens (primary N) is 3. The fraction of sp³-hybridized carbons (Fsp3) is 0.0667. The molecule has 0 saturated carbocycles. The number of allylic oxidation sites excluding steroid dienone is 2. The molecule has 138 valence electrons. The van der Waals surface area contributed by atoms with E-state index in [1.807, 2.05) is 0 Å². The van der Waals surface area contributed by atoms with E-state index < -0.39 is 11.7 Å². The molecule has 0 aliphatic heterocycles. The van der Waals surface area contributed by atoms with Crippen LogP contribution in [0.2, 0.25) is 0 Å². The summed E-state index contributed by atoms with van der Waals surface area (Å²) in [5.74, 6) is 0.0509. The molecular weight excluding hydrogens is 353 g/mol. The molecule has 0 aliphatic rings. The molecule has 1 aromatic heterocycles. The molecule has 1 heterocycles. The highest BCUT2D eigenvalue weighted by Gasteiger charge is 2.30. The monoisotopic (exact) mass is 368 g/mol. The lowest BCUT2D eigenvalue weighted by atomic mass is 10.1. The van der Waals surface area contributed by atoms with Gasteiger partial charge in [-0.25, -0.2) is 4.98 Å². The van der Waals surface area contributed by atoms with E-state index in [2.05, 4.69) is 15.5 Å². The molecule has 8 N–H and O–H groups in total. The summed E-state index contributed by atoms with van der Waals surface area (Å²) >= 11 is 0. The van der Waals surface area contributed by atoms with Gasteiger partial charge in [0.15, 0.2) is 11.6 Å². The Morgan fingerprint density at radius 2 is 1.81 bits per heavy atom. The SMILES string of the molecule is NC(=C\C=C(/N)Nc1ncc(-c2ccc(C(F)(F)F)cc2)o1)/C(N)=N/O. The third-order valence-electron chi connectivity index (χ3n) is 3.10. The number of benzene rings is 1. The van der Waals surface area contributed by atoms with Crippen LogP contribution in [-0.4, -0.2) is 16.0 Å². The number of oxazole rings is 1. The van der Waals surface area contributed by atoms with Gasteiger partial charge in [0.05, 0.1) is 17.5 Å². The molecule has 0 spiro atoms. The lowest BCUT2D eigenvalue weighted by molar-refractivity contribution is -0.137. The molecule has 1 aromatic carbocycles. The summed E-state index contributed by atoms with van der Waals surface area (Å²) in [6, 6.07) is 4.45. The van der Waals surface area contributed by atoms with Crippen molar-refractivity contribution >= 4 is 11.9 Å². The average molecular weight is 368 g/mol. The first-order valence-electron chi connectivity index (χ1n) is 7.02. The summed E-state index contributed by atoms with van der Waals surface area (Å²) in [5, 5.41) is 13.8. The highest BCUT2D eigenvalue weighted by Crippen LogP contribution is 2.31. The van der Waals surface area contributed by atoms with Crippen LogP contribution in [0.5, 0.6) is 0 Å². The largest absolute Gasteiger partial charge is 0.423 e. The van der Waals surface area contributed by atoms with Crippen molar-refractivity contribution in [1.29, 1.82) is 0 Å². The van der Waals surface area contributed by atoms with Crippen LogP contribution in [0.25, 0.3) is 11.3 Å². The van der Waals surface area contributed by atoms with Crippen molar-refractivity contribution in [1.82, 2.24) is 4.98 Å². The molecule has 0 saturated heterocycles. The molecule has 2 aromatic rings. The highest BCUT2D eigenvalue weighted by atomic mass is 19.4. The van der Waals surface area contributed by atoms with E-state index in [1.165, 1.54) is 30.5 Å². The maximum absolute atomic E-state index is 12.6. The number of hydrogen-bond donors (Lipinski definition) is 5. The van der Waals surface area contributed by atoms with Crippen LogP contribution in [0.4, 0.5) is 19.2 Å². The Labute approximate surface area is 145 Å². The number of alkyl halides is 3. The van der Waals surface area contributed by atoms with E-state index in [0.29, 0.717) is 5.56 Å². The molecular formula is C15H15F3N6O2. The Hall–Kier alpha value is -3.63. The van der Waals surface area contributed by atoms with Crippen molar-refractivity contribution in [2.75, 3.05) is 5.32 Å². The Kier molecular flexibility index (Phi) is 5.40. The molecule has 0 atom stereocenters. The summed E-state index contributed by atoms with van der Waals surface area (Å²) in [4.78, 5) is 3.92. The van der Waals surface area contributed by atoms with Gasteiger partial charge in [-0.05, 0) is 24.3 Å². The van der Waals surface area contributed by atoms with E-state index in [-0.39, 0.29) is 29.1 Å². The standard InChI is InChI=1S/C15H15F3N6O2/c16-15(17,18)9-3-1-8(2-4-9)11-7-22-14(26-11)23-12(20)6-5-10(19)13(21)24-25/h1-7,25H,19-20H2,(H2,21,24)(H,22,23)/b10-5-,12-6+. The van der Waals surface area contributed by atoms with Gasteiger partial charge in [-0.15, -0.1) is 0 Å².